The molecule has 2 amide bonds. The molecule has 0 unspecified atom stereocenters. The van der Waals surface area contributed by atoms with Gasteiger partial charge in [-0.25, -0.2) is 0 Å². The summed E-state index contributed by atoms with van der Waals surface area (Å²) in [5, 5.41) is 7.67. The first-order valence-corrected chi connectivity index (χ1v) is 8.45. The number of nitrogens with one attached hydrogen (secondary N) is 2. The number of amides is 2. The van der Waals surface area contributed by atoms with E-state index in [0.717, 1.165) is 22.5 Å². The molecule has 0 aliphatic rings. The number of benzene rings is 1. The van der Waals surface area contributed by atoms with Crippen molar-refractivity contribution in [2.24, 2.45) is 5.73 Å². The van der Waals surface area contributed by atoms with Gasteiger partial charge in [0.05, 0.1) is 6.42 Å². The van der Waals surface area contributed by atoms with E-state index < -0.39 is 0 Å². The van der Waals surface area contributed by atoms with Crippen molar-refractivity contribution in [3.63, 3.8) is 0 Å². The van der Waals surface area contributed by atoms with Crippen LogP contribution in [0.2, 0.25) is 0 Å². The first-order chi connectivity index (χ1) is 11.1. The monoisotopic (exact) mass is 331 g/mol. The SMILES string of the molecule is CCc1ccc(NC(=O)Cc2cccs2)cc1NC(=O)CCN. The van der Waals surface area contributed by atoms with Crippen LogP contribution in [0.5, 0.6) is 0 Å². The molecule has 1 aromatic carbocycles. The highest BCUT2D eigenvalue weighted by Crippen LogP contribution is 2.22. The summed E-state index contributed by atoms with van der Waals surface area (Å²) in [4.78, 5) is 24.8. The van der Waals surface area contributed by atoms with Gasteiger partial charge in [0.2, 0.25) is 11.8 Å². The third-order valence-electron chi connectivity index (χ3n) is 3.33. The van der Waals surface area contributed by atoms with Gasteiger partial charge < -0.3 is 16.4 Å². The Morgan fingerprint density at radius 3 is 2.65 bits per heavy atom. The van der Waals surface area contributed by atoms with E-state index in [9.17, 15) is 9.59 Å². The van der Waals surface area contributed by atoms with Gasteiger partial charge in [-0.1, -0.05) is 19.1 Å². The van der Waals surface area contributed by atoms with Gasteiger partial charge >= 0.3 is 0 Å². The Kier molecular flexibility index (Phi) is 6.31. The summed E-state index contributed by atoms with van der Waals surface area (Å²) >= 11 is 1.56. The average molecular weight is 331 g/mol. The Balaban J connectivity index is 2.07. The zero-order chi connectivity index (χ0) is 16.7. The lowest BCUT2D eigenvalue weighted by molar-refractivity contribution is -0.116. The van der Waals surface area contributed by atoms with E-state index in [0.29, 0.717) is 18.7 Å². The van der Waals surface area contributed by atoms with Crippen molar-refractivity contribution < 1.29 is 9.59 Å². The van der Waals surface area contributed by atoms with E-state index in [2.05, 4.69) is 10.6 Å². The molecule has 1 heterocycles. The molecule has 6 heteroatoms. The van der Waals surface area contributed by atoms with Crippen LogP contribution >= 0.6 is 11.3 Å². The topological polar surface area (TPSA) is 84.2 Å². The van der Waals surface area contributed by atoms with Crippen LogP contribution in [0.15, 0.2) is 35.7 Å². The van der Waals surface area contributed by atoms with E-state index in [1.807, 2.05) is 36.6 Å². The highest BCUT2D eigenvalue weighted by atomic mass is 32.1. The van der Waals surface area contributed by atoms with E-state index >= 15 is 0 Å². The molecule has 0 spiro atoms. The summed E-state index contributed by atoms with van der Waals surface area (Å²) in [5.74, 6) is -0.194. The van der Waals surface area contributed by atoms with E-state index in [1.54, 1.807) is 17.4 Å². The van der Waals surface area contributed by atoms with E-state index in [1.165, 1.54) is 0 Å². The lowest BCUT2D eigenvalue weighted by Gasteiger charge is -2.12. The summed E-state index contributed by atoms with van der Waals surface area (Å²) < 4.78 is 0. The molecule has 0 saturated heterocycles. The molecule has 0 aliphatic heterocycles. The van der Waals surface area contributed by atoms with Crippen LogP contribution in [-0.2, 0) is 22.4 Å². The molecule has 4 N–H and O–H groups in total. The number of hydrogen-bond donors (Lipinski definition) is 3. The number of nitrogens with two attached hydrogens (primary N) is 1. The number of carbonyl (C=O) groups is 2. The summed E-state index contributed by atoms with van der Waals surface area (Å²) in [5.41, 5.74) is 7.81. The van der Waals surface area contributed by atoms with Crippen molar-refractivity contribution in [3.8, 4) is 0 Å². The van der Waals surface area contributed by atoms with Crippen LogP contribution < -0.4 is 16.4 Å². The third kappa shape index (κ3) is 5.19. The molecule has 0 saturated carbocycles. The minimum Gasteiger partial charge on any atom is -0.330 e. The number of hydrogen-bond acceptors (Lipinski definition) is 4. The van der Waals surface area contributed by atoms with Gasteiger partial charge in [-0.3, -0.25) is 9.59 Å². The Morgan fingerprint density at radius 2 is 2.00 bits per heavy atom. The summed E-state index contributed by atoms with van der Waals surface area (Å²) in [7, 11) is 0. The largest absolute Gasteiger partial charge is 0.330 e. The summed E-state index contributed by atoms with van der Waals surface area (Å²) in [6.45, 7) is 2.33. The number of carbonyl (C=O) groups excluding carboxylic acids is 2. The molecule has 1 aromatic heterocycles. The van der Waals surface area contributed by atoms with Gasteiger partial charge in [-0.05, 0) is 35.6 Å². The molecule has 0 radical (unpaired) electrons. The normalized spacial score (nSPS) is 10.3. The molecule has 0 aliphatic carbocycles. The minimum atomic E-state index is -0.121. The maximum absolute atomic E-state index is 12.1. The van der Waals surface area contributed by atoms with Crippen LogP contribution in [0.3, 0.4) is 0 Å². The molecule has 2 aromatic rings. The highest BCUT2D eigenvalue weighted by molar-refractivity contribution is 7.10. The molecule has 122 valence electrons. The van der Waals surface area contributed by atoms with E-state index in [4.69, 9.17) is 5.73 Å². The summed E-state index contributed by atoms with van der Waals surface area (Å²) in [6, 6.07) is 9.42. The second-order valence-electron chi connectivity index (χ2n) is 5.12. The molecule has 0 atom stereocenters. The second kappa shape index (κ2) is 8.45. The van der Waals surface area contributed by atoms with Crippen molar-refractivity contribution in [2.75, 3.05) is 17.2 Å². The standard InChI is InChI=1S/C17H21N3O2S/c1-2-12-5-6-13(10-15(12)20-16(21)7-8-18)19-17(22)11-14-4-3-9-23-14/h3-6,9-10H,2,7-8,11,18H2,1H3,(H,19,22)(H,20,21). The molecule has 2 rings (SSSR count). The van der Waals surface area contributed by atoms with Crippen molar-refractivity contribution >= 4 is 34.5 Å². The van der Waals surface area contributed by atoms with Crippen molar-refractivity contribution in [2.45, 2.75) is 26.2 Å². The van der Waals surface area contributed by atoms with Gasteiger partial charge in [0.1, 0.15) is 0 Å². The number of rotatable bonds is 7. The van der Waals surface area contributed by atoms with Crippen LogP contribution in [0.1, 0.15) is 23.8 Å². The minimum absolute atomic E-state index is 0.0732. The predicted octanol–water partition coefficient (Wildman–Crippen LogP) is 2.78. The molecular formula is C17H21N3O2S. The predicted molar refractivity (Wildman–Crippen MR) is 94.8 cm³/mol. The Morgan fingerprint density at radius 1 is 1.17 bits per heavy atom. The first-order valence-electron chi connectivity index (χ1n) is 7.57. The Bertz CT molecular complexity index is 668. The fraction of sp³-hybridized carbons (Fsp3) is 0.294. The third-order valence-corrected chi connectivity index (χ3v) is 4.21. The van der Waals surface area contributed by atoms with Gasteiger partial charge in [0.15, 0.2) is 0 Å². The van der Waals surface area contributed by atoms with Crippen molar-refractivity contribution in [1.82, 2.24) is 0 Å². The highest BCUT2D eigenvalue weighted by Gasteiger charge is 2.09. The fourth-order valence-corrected chi connectivity index (χ4v) is 2.90. The number of aryl methyl sites for hydroxylation is 1. The zero-order valence-corrected chi connectivity index (χ0v) is 13.9. The average Bonchev–Trinajstić information content (AvgIpc) is 3.00. The van der Waals surface area contributed by atoms with Gasteiger partial charge in [-0.2, -0.15) is 0 Å². The van der Waals surface area contributed by atoms with Gasteiger partial charge in [0, 0.05) is 29.2 Å². The smallest absolute Gasteiger partial charge is 0.229 e. The lowest BCUT2D eigenvalue weighted by Crippen LogP contribution is -2.18. The molecular weight excluding hydrogens is 310 g/mol. The fourth-order valence-electron chi connectivity index (χ4n) is 2.20. The Hall–Kier alpha value is -2.18. The zero-order valence-electron chi connectivity index (χ0n) is 13.1. The molecule has 23 heavy (non-hydrogen) atoms. The maximum atomic E-state index is 12.1. The maximum Gasteiger partial charge on any atom is 0.229 e. The van der Waals surface area contributed by atoms with Crippen molar-refractivity contribution in [1.29, 1.82) is 0 Å². The number of thiophene rings is 1. The summed E-state index contributed by atoms with van der Waals surface area (Å²) in [6.07, 6.45) is 1.42. The molecule has 5 nitrogen and oxygen atoms in total. The van der Waals surface area contributed by atoms with Gasteiger partial charge in [-0.15, -0.1) is 11.3 Å². The van der Waals surface area contributed by atoms with Crippen LogP contribution in [0.4, 0.5) is 11.4 Å². The molecule has 0 bridgehead atoms. The van der Waals surface area contributed by atoms with Crippen LogP contribution in [0, 0.1) is 0 Å². The first kappa shape index (κ1) is 17.2. The Labute approximate surface area is 139 Å². The van der Waals surface area contributed by atoms with E-state index in [-0.39, 0.29) is 18.2 Å². The van der Waals surface area contributed by atoms with Crippen LogP contribution in [0.25, 0.3) is 0 Å². The molecule has 0 fully saturated rings. The van der Waals surface area contributed by atoms with Crippen molar-refractivity contribution in [3.05, 3.63) is 46.2 Å². The van der Waals surface area contributed by atoms with Crippen LogP contribution in [-0.4, -0.2) is 18.4 Å². The quantitative estimate of drug-likeness (QED) is 0.729. The number of anilines is 2. The van der Waals surface area contributed by atoms with Gasteiger partial charge in [0.25, 0.3) is 0 Å². The second-order valence-corrected chi connectivity index (χ2v) is 6.15. The lowest BCUT2D eigenvalue weighted by atomic mass is 10.1.